The van der Waals surface area contributed by atoms with Crippen LogP contribution in [0.15, 0.2) is 85.0 Å². The molecule has 3 aromatic rings. The van der Waals surface area contributed by atoms with Gasteiger partial charge in [0.1, 0.15) is 20.0 Å². The summed E-state index contributed by atoms with van der Waals surface area (Å²) in [5, 5.41) is 18.4. The number of aliphatic hydroxyl groups excluding tert-OH is 2. The van der Waals surface area contributed by atoms with Crippen LogP contribution in [0, 0.1) is 5.92 Å². The zero-order valence-corrected chi connectivity index (χ0v) is 31.5. The van der Waals surface area contributed by atoms with Crippen LogP contribution in [0.1, 0.15) is 102 Å². The van der Waals surface area contributed by atoms with Crippen molar-refractivity contribution >= 4 is 12.8 Å². The first-order valence-electron chi connectivity index (χ1n) is 19.0. The van der Waals surface area contributed by atoms with Crippen molar-refractivity contribution < 1.29 is 34.0 Å². The summed E-state index contributed by atoms with van der Waals surface area (Å²) < 4.78 is 17.2. The molecule has 0 bridgehead atoms. The van der Waals surface area contributed by atoms with E-state index in [2.05, 4.69) is 69.5 Å². The Morgan fingerprint density at radius 3 is 2.08 bits per heavy atom. The summed E-state index contributed by atoms with van der Waals surface area (Å²) in [6, 6.07) is 21.8. The number of benzene rings is 3. The summed E-state index contributed by atoms with van der Waals surface area (Å²) in [6.45, 7) is 13.7. The van der Waals surface area contributed by atoms with Gasteiger partial charge in [0.25, 0.3) is 0 Å². The molecule has 0 radical (unpaired) electrons. The van der Waals surface area contributed by atoms with Gasteiger partial charge >= 0.3 is 5.97 Å². The second-order valence-corrected chi connectivity index (χ2v) is 13.7. The third kappa shape index (κ3) is 13.1. The predicted octanol–water partition coefficient (Wildman–Crippen LogP) is 9.82. The molecule has 4 rings (SSSR count). The maximum Gasteiger partial charge on any atom is 0.335 e. The van der Waals surface area contributed by atoms with E-state index in [0.717, 1.165) is 23.5 Å². The Hall–Kier alpha value is -4.20. The summed E-state index contributed by atoms with van der Waals surface area (Å²) in [5.41, 5.74) is 7.98. The molecule has 0 aliphatic heterocycles. The van der Waals surface area contributed by atoms with E-state index in [-0.39, 0.29) is 25.4 Å². The molecular formula is C45H60O7. The Morgan fingerprint density at radius 1 is 0.731 bits per heavy atom. The van der Waals surface area contributed by atoms with Gasteiger partial charge in [-0.05, 0) is 95.0 Å². The van der Waals surface area contributed by atoms with E-state index in [9.17, 15) is 9.90 Å². The predicted molar refractivity (Wildman–Crippen MR) is 211 cm³/mol. The number of aryl methyl sites for hydroxylation is 1. The maximum atomic E-state index is 11.8. The van der Waals surface area contributed by atoms with E-state index in [4.69, 9.17) is 24.1 Å². The summed E-state index contributed by atoms with van der Waals surface area (Å²) in [5.74, 6) is 2.03. The van der Waals surface area contributed by atoms with E-state index >= 15 is 0 Å². The molecule has 1 saturated carbocycles. The van der Waals surface area contributed by atoms with E-state index in [1.165, 1.54) is 86.5 Å². The third-order valence-corrected chi connectivity index (χ3v) is 10.0. The highest BCUT2D eigenvalue weighted by atomic mass is 16.6. The van der Waals surface area contributed by atoms with Crippen molar-refractivity contribution in [2.24, 2.45) is 5.92 Å². The Balaban J connectivity index is 0.00000358. The number of unbranched alkanes of at least 4 members (excludes halogenated alkanes) is 4. The Kier molecular flexibility index (Phi) is 19.0. The summed E-state index contributed by atoms with van der Waals surface area (Å²) in [7, 11) is 0. The van der Waals surface area contributed by atoms with Gasteiger partial charge in [-0.15, -0.1) is 0 Å². The monoisotopic (exact) mass is 712 g/mol. The molecule has 1 aliphatic carbocycles. The zero-order valence-electron chi connectivity index (χ0n) is 31.5. The second kappa shape index (κ2) is 23.4. The number of ether oxygens (including phenoxy) is 3. The first kappa shape index (κ1) is 42.2. The number of hydrogen-bond acceptors (Lipinski definition) is 7. The standard InChI is InChI=1S/C44H58O6.CH2O/c1-5-7-8-9-10-11-34-12-14-36(15-13-34)37-16-18-38(19-17-37)39-20-22-41(35(6-2)28-39)40-21-23-42(43(29-40)48-25-24-32(3)30-45)49-26-27-50-44(47)33(4)31-46;1-2/h16-23,28-29,34,36,45-46H,3-15,24-27,30-31H2,1-2H3;1H2. The topological polar surface area (TPSA) is 102 Å². The van der Waals surface area contributed by atoms with Gasteiger partial charge in [-0.1, -0.05) is 114 Å². The van der Waals surface area contributed by atoms with Gasteiger partial charge in [-0.25, -0.2) is 4.79 Å². The van der Waals surface area contributed by atoms with Gasteiger partial charge < -0.3 is 29.2 Å². The van der Waals surface area contributed by atoms with E-state index < -0.39 is 12.6 Å². The van der Waals surface area contributed by atoms with E-state index in [1.807, 2.05) is 25.0 Å². The maximum absolute atomic E-state index is 11.8. The molecule has 0 atom stereocenters. The largest absolute Gasteiger partial charge is 0.489 e. The highest BCUT2D eigenvalue weighted by Crippen LogP contribution is 2.39. The molecule has 0 saturated heterocycles. The van der Waals surface area contributed by atoms with Crippen LogP contribution in [-0.2, 0) is 20.7 Å². The molecule has 3 aromatic carbocycles. The van der Waals surface area contributed by atoms with Gasteiger partial charge in [0.05, 0.1) is 25.4 Å². The Labute approximate surface area is 311 Å². The third-order valence-electron chi connectivity index (χ3n) is 10.0. The SMILES string of the molecule is C=C(CO)CCOc1cc(-c2ccc(-c3ccc(C4CCC(CCCCCCC)CC4)cc3)cc2CC)ccc1OCCOC(=O)C(=C)CO.C=O. The first-order chi connectivity index (χ1) is 25.4. The number of hydrogen-bond donors (Lipinski definition) is 2. The fourth-order valence-electron chi connectivity index (χ4n) is 6.86. The summed E-state index contributed by atoms with van der Waals surface area (Å²) in [4.78, 5) is 19.8. The molecule has 282 valence electrons. The Bertz CT molecular complexity index is 1540. The molecule has 1 aliphatic rings. The lowest BCUT2D eigenvalue weighted by Crippen LogP contribution is -2.15. The number of esters is 1. The van der Waals surface area contributed by atoms with E-state index in [0.29, 0.717) is 36.0 Å². The zero-order chi connectivity index (χ0) is 37.7. The van der Waals surface area contributed by atoms with Crippen molar-refractivity contribution in [1.29, 1.82) is 0 Å². The van der Waals surface area contributed by atoms with Crippen LogP contribution in [0.25, 0.3) is 22.3 Å². The van der Waals surface area contributed by atoms with Crippen LogP contribution in [0.2, 0.25) is 0 Å². The molecule has 0 amide bonds. The fraction of sp³-hybridized carbons (Fsp3) is 0.467. The van der Waals surface area contributed by atoms with Gasteiger partial charge in [0.2, 0.25) is 0 Å². The van der Waals surface area contributed by atoms with Crippen LogP contribution in [-0.4, -0.2) is 56.0 Å². The molecule has 2 N–H and O–H groups in total. The smallest absolute Gasteiger partial charge is 0.335 e. The number of carbonyl (C=O) groups is 2. The van der Waals surface area contributed by atoms with E-state index in [1.54, 1.807) is 0 Å². The number of aliphatic hydroxyl groups is 2. The Morgan fingerprint density at radius 2 is 1.40 bits per heavy atom. The summed E-state index contributed by atoms with van der Waals surface area (Å²) >= 11 is 0. The number of rotatable bonds is 21. The quantitative estimate of drug-likeness (QED) is 0.0491. The molecule has 1 fully saturated rings. The van der Waals surface area contributed by atoms with Gasteiger partial charge in [-0.3, -0.25) is 0 Å². The van der Waals surface area contributed by atoms with Crippen molar-refractivity contribution in [3.8, 4) is 33.8 Å². The molecule has 7 heteroatoms. The molecule has 0 heterocycles. The fourth-order valence-corrected chi connectivity index (χ4v) is 6.86. The minimum Gasteiger partial charge on any atom is -0.489 e. The van der Waals surface area contributed by atoms with Crippen LogP contribution in [0.4, 0.5) is 0 Å². The molecule has 0 spiro atoms. The van der Waals surface area contributed by atoms with Crippen LogP contribution in [0.5, 0.6) is 11.5 Å². The minimum absolute atomic E-state index is 0.00314. The second-order valence-electron chi connectivity index (χ2n) is 13.7. The lowest BCUT2D eigenvalue weighted by Gasteiger charge is -2.29. The number of carbonyl (C=O) groups excluding carboxylic acids is 2. The van der Waals surface area contributed by atoms with Crippen molar-refractivity contribution in [3.05, 3.63) is 96.1 Å². The van der Waals surface area contributed by atoms with Crippen LogP contribution >= 0.6 is 0 Å². The molecular weight excluding hydrogens is 652 g/mol. The van der Waals surface area contributed by atoms with Gasteiger partial charge in [0, 0.05) is 6.42 Å². The van der Waals surface area contributed by atoms with Crippen molar-refractivity contribution in [1.82, 2.24) is 0 Å². The average molecular weight is 713 g/mol. The molecule has 0 unspecified atom stereocenters. The van der Waals surface area contributed by atoms with Crippen LogP contribution in [0.3, 0.4) is 0 Å². The first-order valence-corrected chi connectivity index (χ1v) is 19.0. The minimum atomic E-state index is -0.655. The van der Waals surface area contributed by atoms with Gasteiger partial charge in [-0.2, -0.15) is 0 Å². The van der Waals surface area contributed by atoms with Gasteiger partial charge in [0.15, 0.2) is 11.5 Å². The normalized spacial score (nSPS) is 15.2. The lowest BCUT2D eigenvalue weighted by atomic mass is 9.77. The summed E-state index contributed by atoms with van der Waals surface area (Å²) in [6.07, 6.45) is 15.1. The van der Waals surface area contributed by atoms with Crippen LogP contribution < -0.4 is 9.47 Å². The van der Waals surface area contributed by atoms with Crippen molar-refractivity contribution in [2.45, 2.75) is 96.8 Å². The molecule has 0 aromatic heterocycles. The van der Waals surface area contributed by atoms with Crippen molar-refractivity contribution in [3.63, 3.8) is 0 Å². The highest BCUT2D eigenvalue weighted by molar-refractivity contribution is 5.87. The lowest BCUT2D eigenvalue weighted by molar-refractivity contribution is -0.140. The highest BCUT2D eigenvalue weighted by Gasteiger charge is 2.22. The molecule has 7 nitrogen and oxygen atoms in total. The average Bonchev–Trinajstić information content (AvgIpc) is 3.20. The van der Waals surface area contributed by atoms with Crippen molar-refractivity contribution in [2.75, 3.05) is 33.0 Å². The molecule has 52 heavy (non-hydrogen) atoms.